The van der Waals surface area contributed by atoms with E-state index >= 15 is 0 Å². The Hall–Kier alpha value is -2.74. The van der Waals surface area contributed by atoms with Crippen molar-refractivity contribution in [1.82, 2.24) is 5.32 Å². The van der Waals surface area contributed by atoms with Crippen molar-refractivity contribution in [2.75, 3.05) is 32.9 Å². The maximum atomic E-state index is 10.3. The van der Waals surface area contributed by atoms with Gasteiger partial charge in [-0.3, -0.25) is 0 Å². The van der Waals surface area contributed by atoms with Crippen LogP contribution in [0.1, 0.15) is 48.5 Å². The molecule has 0 spiro atoms. The Bertz CT molecular complexity index is 1010. The Kier molecular flexibility index (Phi) is 12.4. The second-order valence-electron chi connectivity index (χ2n) is 8.87. The summed E-state index contributed by atoms with van der Waals surface area (Å²) in [5.41, 5.74) is 4.70. The lowest BCUT2D eigenvalue weighted by Gasteiger charge is -2.14. The Morgan fingerprint density at radius 1 is 0.750 bits per heavy atom. The first-order chi connectivity index (χ1) is 17.7. The fourth-order valence-electron chi connectivity index (χ4n) is 4.05. The standard InChI is InChI=1S/C30H39NO5/c32-22-27-20-25(14-15-29(27)33)30(34)21-31-16-8-1-2-9-17-35-18-19-36-23-26-12-6-7-13-28(26)24-10-4-3-5-11-24/h3-7,10-15,20,30-34H,1-2,8-9,16-19,21-23H2/t30-/m0/s1. The molecule has 0 saturated carbocycles. The normalized spacial score (nSPS) is 12.1. The highest BCUT2D eigenvalue weighted by Crippen LogP contribution is 2.24. The van der Waals surface area contributed by atoms with E-state index in [1.807, 2.05) is 12.1 Å². The van der Waals surface area contributed by atoms with Crippen LogP contribution in [-0.2, 0) is 22.7 Å². The number of aliphatic hydroxyl groups is 2. The van der Waals surface area contributed by atoms with E-state index in [4.69, 9.17) is 9.47 Å². The van der Waals surface area contributed by atoms with Gasteiger partial charge in [0.25, 0.3) is 0 Å². The zero-order valence-electron chi connectivity index (χ0n) is 20.9. The van der Waals surface area contributed by atoms with E-state index in [9.17, 15) is 15.3 Å². The zero-order valence-corrected chi connectivity index (χ0v) is 20.9. The van der Waals surface area contributed by atoms with Crippen molar-refractivity contribution in [3.63, 3.8) is 0 Å². The van der Waals surface area contributed by atoms with Gasteiger partial charge in [0.15, 0.2) is 0 Å². The molecule has 194 valence electrons. The highest BCUT2D eigenvalue weighted by atomic mass is 16.5. The molecule has 3 aromatic rings. The number of benzene rings is 3. The molecule has 0 bridgehead atoms. The summed E-state index contributed by atoms with van der Waals surface area (Å²) < 4.78 is 11.6. The summed E-state index contributed by atoms with van der Waals surface area (Å²) in [6.45, 7) is 3.52. The molecule has 1 atom stereocenters. The first-order valence-electron chi connectivity index (χ1n) is 12.8. The summed E-state index contributed by atoms with van der Waals surface area (Å²) in [7, 11) is 0. The SMILES string of the molecule is OCc1cc([C@@H](O)CNCCCCCCOCCOCc2ccccc2-c2ccccc2)ccc1O. The van der Waals surface area contributed by atoms with Crippen LogP contribution >= 0.6 is 0 Å². The van der Waals surface area contributed by atoms with Gasteiger partial charge in [-0.15, -0.1) is 0 Å². The molecule has 0 unspecified atom stereocenters. The molecule has 0 aromatic heterocycles. The van der Waals surface area contributed by atoms with Crippen LogP contribution in [0.25, 0.3) is 11.1 Å². The van der Waals surface area contributed by atoms with E-state index < -0.39 is 6.10 Å². The van der Waals surface area contributed by atoms with Gasteiger partial charge in [0.2, 0.25) is 0 Å². The number of aliphatic hydroxyl groups excluding tert-OH is 2. The summed E-state index contributed by atoms with van der Waals surface area (Å²) in [6.07, 6.45) is 3.60. The predicted molar refractivity (Wildman–Crippen MR) is 143 cm³/mol. The fraction of sp³-hybridized carbons (Fsp3) is 0.400. The Balaban J connectivity index is 1.17. The Morgan fingerprint density at radius 3 is 2.33 bits per heavy atom. The molecular formula is C30H39NO5. The van der Waals surface area contributed by atoms with Gasteiger partial charge >= 0.3 is 0 Å². The quantitative estimate of drug-likeness (QED) is 0.199. The van der Waals surface area contributed by atoms with Gasteiger partial charge < -0.3 is 30.1 Å². The molecule has 0 fully saturated rings. The summed E-state index contributed by atoms with van der Waals surface area (Å²) >= 11 is 0. The maximum Gasteiger partial charge on any atom is 0.121 e. The van der Waals surface area contributed by atoms with E-state index in [-0.39, 0.29) is 12.4 Å². The number of hydrogen-bond acceptors (Lipinski definition) is 6. The summed E-state index contributed by atoms with van der Waals surface area (Å²) in [4.78, 5) is 0. The van der Waals surface area contributed by atoms with Gasteiger partial charge in [-0.05, 0) is 53.8 Å². The molecule has 36 heavy (non-hydrogen) atoms. The van der Waals surface area contributed by atoms with Crippen LogP contribution in [0.2, 0.25) is 0 Å². The third-order valence-electron chi connectivity index (χ3n) is 6.12. The number of phenols is 1. The molecule has 6 nitrogen and oxygen atoms in total. The minimum atomic E-state index is -0.668. The molecule has 0 aliphatic carbocycles. The van der Waals surface area contributed by atoms with Crippen molar-refractivity contribution in [3.05, 3.63) is 89.5 Å². The zero-order chi connectivity index (χ0) is 25.4. The van der Waals surface area contributed by atoms with Crippen LogP contribution in [0.3, 0.4) is 0 Å². The first-order valence-corrected chi connectivity index (χ1v) is 12.8. The third-order valence-corrected chi connectivity index (χ3v) is 6.12. The van der Waals surface area contributed by atoms with Gasteiger partial charge in [-0.2, -0.15) is 0 Å². The highest BCUT2D eigenvalue weighted by molar-refractivity contribution is 5.67. The second-order valence-corrected chi connectivity index (χ2v) is 8.87. The smallest absolute Gasteiger partial charge is 0.121 e. The lowest BCUT2D eigenvalue weighted by Crippen LogP contribution is -2.22. The second kappa shape index (κ2) is 16.1. The minimum absolute atomic E-state index is 0.0440. The van der Waals surface area contributed by atoms with Gasteiger partial charge in [-0.1, -0.05) is 73.5 Å². The van der Waals surface area contributed by atoms with Crippen LogP contribution in [-0.4, -0.2) is 48.2 Å². The molecule has 0 radical (unpaired) electrons. The van der Waals surface area contributed by atoms with E-state index in [1.165, 1.54) is 22.8 Å². The monoisotopic (exact) mass is 493 g/mol. The van der Waals surface area contributed by atoms with Crippen molar-refractivity contribution >= 4 is 0 Å². The Morgan fingerprint density at radius 2 is 1.50 bits per heavy atom. The van der Waals surface area contributed by atoms with E-state index in [2.05, 4.69) is 47.8 Å². The number of ether oxygens (including phenoxy) is 2. The first kappa shape index (κ1) is 27.8. The van der Waals surface area contributed by atoms with Crippen molar-refractivity contribution in [1.29, 1.82) is 0 Å². The fourth-order valence-corrected chi connectivity index (χ4v) is 4.05. The number of hydrogen-bond donors (Lipinski definition) is 4. The molecule has 3 aromatic carbocycles. The lowest BCUT2D eigenvalue weighted by atomic mass is 10.0. The van der Waals surface area contributed by atoms with Crippen LogP contribution in [0.4, 0.5) is 0 Å². The average molecular weight is 494 g/mol. The predicted octanol–water partition coefficient (Wildman–Crippen LogP) is 4.97. The van der Waals surface area contributed by atoms with E-state index in [0.717, 1.165) is 38.8 Å². The molecule has 6 heteroatoms. The van der Waals surface area contributed by atoms with Crippen LogP contribution in [0.15, 0.2) is 72.8 Å². The van der Waals surface area contributed by atoms with E-state index in [0.29, 0.717) is 37.5 Å². The van der Waals surface area contributed by atoms with Crippen LogP contribution in [0, 0.1) is 0 Å². The molecule has 3 rings (SSSR count). The molecule has 0 amide bonds. The Labute approximate surface area is 214 Å². The van der Waals surface area contributed by atoms with Crippen LogP contribution in [0.5, 0.6) is 5.75 Å². The summed E-state index contributed by atoms with van der Waals surface area (Å²) in [5, 5.41) is 32.4. The largest absolute Gasteiger partial charge is 0.508 e. The minimum Gasteiger partial charge on any atom is -0.508 e. The number of rotatable bonds is 17. The summed E-state index contributed by atoms with van der Waals surface area (Å²) in [5.74, 6) is 0.0440. The van der Waals surface area contributed by atoms with Gasteiger partial charge in [-0.25, -0.2) is 0 Å². The molecule has 4 N–H and O–H groups in total. The molecule has 0 saturated heterocycles. The van der Waals surface area contributed by atoms with Gasteiger partial charge in [0, 0.05) is 18.7 Å². The maximum absolute atomic E-state index is 10.3. The number of unbranched alkanes of at least 4 members (excludes halogenated alkanes) is 3. The average Bonchev–Trinajstić information content (AvgIpc) is 2.92. The van der Waals surface area contributed by atoms with Crippen molar-refractivity contribution in [2.45, 2.75) is 45.0 Å². The van der Waals surface area contributed by atoms with Gasteiger partial charge in [0.1, 0.15) is 5.75 Å². The van der Waals surface area contributed by atoms with Gasteiger partial charge in [0.05, 0.1) is 32.5 Å². The lowest BCUT2D eigenvalue weighted by molar-refractivity contribution is 0.0394. The van der Waals surface area contributed by atoms with Crippen molar-refractivity contribution in [3.8, 4) is 16.9 Å². The van der Waals surface area contributed by atoms with Crippen molar-refractivity contribution < 1.29 is 24.8 Å². The van der Waals surface area contributed by atoms with Crippen molar-refractivity contribution in [2.24, 2.45) is 0 Å². The molecular weight excluding hydrogens is 454 g/mol. The highest BCUT2D eigenvalue weighted by Gasteiger charge is 2.10. The third kappa shape index (κ3) is 9.37. The number of aromatic hydroxyl groups is 1. The number of nitrogens with one attached hydrogen (secondary N) is 1. The summed E-state index contributed by atoms with van der Waals surface area (Å²) in [6, 6.07) is 23.5. The molecule has 0 heterocycles. The molecule has 0 aliphatic rings. The van der Waals surface area contributed by atoms with Crippen LogP contribution < -0.4 is 5.32 Å². The topological polar surface area (TPSA) is 91.2 Å². The van der Waals surface area contributed by atoms with E-state index in [1.54, 1.807) is 12.1 Å². The molecule has 0 aliphatic heterocycles.